The van der Waals surface area contributed by atoms with Crippen LogP contribution < -0.4 is 5.73 Å². The summed E-state index contributed by atoms with van der Waals surface area (Å²) >= 11 is 5.83. The highest BCUT2D eigenvalue weighted by atomic mass is 35.5. The lowest BCUT2D eigenvalue weighted by Gasteiger charge is -1.98. The van der Waals surface area contributed by atoms with Gasteiger partial charge in [0.2, 0.25) is 0 Å². The summed E-state index contributed by atoms with van der Waals surface area (Å²) in [5, 5.41) is 5.07. The van der Waals surface area contributed by atoms with Crippen LogP contribution in [0.1, 0.15) is 17.2 Å². The number of halogens is 1. The molecule has 1 aromatic carbocycles. The topological polar surface area (TPSA) is 56.7 Å². The Morgan fingerprint density at radius 2 is 1.94 bits per heavy atom. The van der Waals surface area contributed by atoms with Gasteiger partial charge in [-0.25, -0.2) is 4.98 Å². The SMILES string of the molecule is Cn1nc(CCc2ccc(Cl)cc2)nc1CN. The van der Waals surface area contributed by atoms with Crippen molar-refractivity contribution < 1.29 is 0 Å². The molecule has 4 nitrogen and oxygen atoms in total. The maximum absolute atomic E-state index is 5.83. The van der Waals surface area contributed by atoms with Gasteiger partial charge in [0.25, 0.3) is 0 Å². The molecule has 0 aliphatic heterocycles. The molecule has 2 N–H and O–H groups in total. The van der Waals surface area contributed by atoms with Crippen molar-refractivity contribution in [1.82, 2.24) is 14.8 Å². The zero-order valence-corrected chi connectivity index (χ0v) is 10.5. The van der Waals surface area contributed by atoms with E-state index in [2.05, 4.69) is 10.1 Å². The van der Waals surface area contributed by atoms with Crippen LogP contribution in [0.25, 0.3) is 0 Å². The minimum absolute atomic E-state index is 0.421. The highest BCUT2D eigenvalue weighted by Gasteiger charge is 2.05. The van der Waals surface area contributed by atoms with Gasteiger partial charge in [0.15, 0.2) is 5.82 Å². The number of aromatic nitrogens is 3. The van der Waals surface area contributed by atoms with Crippen molar-refractivity contribution in [3.63, 3.8) is 0 Å². The predicted octanol–water partition coefficient (Wildman–Crippen LogP) is 1.71. The van der Waals surface area contributed by atoms with Crippen molar-refractivity contribution in [2.45, 2.75) is 19.4 Å². The first-order valence-electron chi connectivity index (χ1n) is 5.52. The molecule has 0 atom stereocenters. The second-order valence-electron chi connectivity index (χ2n) is 3.90. The average Bonchev–Trinajstić information content (AvgIpc) is 2.69. The van der Waals surface area contributed by atoms with E-state index in [1.54, 1.807) is 4.68 Å². The molecular formula is C12H15ClN4. The van der Waals surface area contributed by atoms with E-state index in [1.165, 1.54) is 5.56 Å². The summed E-state index contributed by atoms with van der Waals surface area (Å²) in [6, 6.07) is 7.84. The molecule has 2 rings (SSSR count). The first-order valence-corrected chi connectivity index (χ1v) is 5.90. The molecular weight excluding hydrogens is 236 g/mol. The lowest BCUT2D eigenvalue weighted by molar-refractivity contribution is 0.692. The smallest absolute Gasteiger partial charge is 0.151 e. The Kier molecular flexibility index (Phi) is 3.76. The van der Waals surface area contributed by atoms with Crippen molar-refractivity contribution >= 4 is 11.6 Å². The molecule has 2 aromatic rings. The maximum Gasteiger partial charge on any atom is 0.151 e. The van der Waals surface area contributed by atoms with Gasteiger partial charge in [-0.2, -0.15) is 5.10 Å². The van der Waals surface area contributed by atoms with Crippen LogP contribution in [0.15, 0.2) is 24.3 Å². The molecule has 90 valence electrons. The van der Waals surface area contributed by atoms with E-state index in [9.17, 15) is 0 Å². The van der Waals surface area contributed by atoms with Crippen molar-refractivity contribution in [2.24, 2.45) is 12.8 Å². The molecule has 0 saturated carbocycles. The minimum atomic E-state index is 0.421. The summed E-state index contributed by atoms with van der Waals surface area (Å²) in [5.41, 5.74) is 6.78. The maximum atomic E-state index is 5.83. The molecule has 0 spiro atoms. The number of nitrogens with zero attached hydrogens (tertiary/aromatic N) is 3. The first-order chi connectivity index (χ1) is 8.19. The molecule has 0 radical (unpaired) electrons. The summed E-state index contributed by atoms with van der Waals surface area (Å²) in [6.07, 6.45) is 1.72. The van der Waals surface area contributed by atoms with E-state index < -0.39 is 0 Å². The van der Waals surface area contributed by atoms with Gasteiger partial charge in [-0.05, 0) is 24.1 Å². The van der Waals surface area contributed by atoms with Crippen molar-refractivity contribution in [3.05, 3.63) is 46.5 Å². The van der Waals surface area contributed by atoms with Gasteiger partial charge < -0.3 is 5.73 Å². The van der Waals surface area contributed by atoms with Crippen LogP contribution in [0.3, 0.4) is 0 Å². The first kappa shape index (κ1) is 12.1. The van der Waals surface area contributed by atoms with Gasteiger partial charge in [0.05, 0.1) is 6.54 Å². The molecule has 0 bridgehead atoms. The lowest BCUT2D eigenvalue weighted by atomic mass is 10.1. The zero-order valence-electron chi connectivity index (χ0n) is 9.73. The monoisotopic (exact) mass is 250 g/mol. The molecule has 0 amide bonds. The molecule has 1 aromatic heterocycles. The Balaban J connectivity index is 1.99. The quantitative estimate of drug-likeness (QED) is 0.899. The van der Waals surface area contributed by atoms with Crippen LogP contribution in [-0.2, 0) is 26.4 Å². The number of rotatable bonds is 4. The Hall–Kier alpha value is -1.39. The van der Waals surface area contributed by atoms with Gasteiger partial charge in [-0.15, -0.1) is 0 Å². The van der Waals surface area contributed by atoms with Crippen LogP contribution in [0, 0.1) is 0 Å². The second kappa shape index (κ2) is 5.29. The van der Waals surface area contributed by atoms with Crippen LogP contribution in [0.5, 0.6) is 0 Å². The fourth-order valence-corrected chi connectivity index (χ4v) is 1.79. The third-order valence-electron chi connectivity index (χ3n) is 2.63. The Morgan fingerprint density at radius 3 is 2.53 bits per heavy atom. The van der Waals surface area contributed by atoms with Gasteiger partial charge in [-0.1, -0.05) is 23.7 Å². The zero-order chi connectivity index (χ0) is 12.3. The molecule has 0 aliphatic carbocycles. The molecule has 0 saturated heterocycles. The number of nitrogens with two attached hydrogens (primary N) is 1. The summed E-state index contributed by atoms with van der Waals surface area (Å²) < 4.78 is 1.73. The normalized spacial score (nSPS) is 10.8. The van der Waals surface area contributed by atoms with Crippen LogP contribution in [0.4, 0.5) is 0 Å². The summed E-state index contributed by atoms with van der Waals surface area (Å²) in [4.78, 5) is 4.36. The third kappa shape index (κ3) is 3.05. The Labute approximate surface area is 105 Å². The Morgan fingerprint density at radius 1 is 1.24 bits per heavy atom. The Bertz CT molecular complexity index is 490. The number of aryl methyl sites for hydroxylation is 3. The molecule has 17 heavy (non-hydrogen) atoms. The highest BCUT2D eigenvalue weighted by molar-refractivity contribution is 6.30. The number of benzene rings is 1. The fourth-order valence-electron chi connectivity index (χ4n) is 1.67. The van der Waals surface area contributed by atoms with Gasteiger partial charge in [-0.3, -0.25) is 4.68 Å². The third-order valence-corrected chi connectivity index (χ3v) is 2.88. The number of hydrogen-bond acceptors (Lipinski definition) is 3. The van der Waals surface area contributed by atoms with E-state index in [0.717, 1.165) is 29.5 Å². The van der Waals surface area contributed by atoms with Crippen molar-refractivity contribution in [2.75, 3.05) is 0 Å². The fraction of sp³-hybridized carbons (Fsp3) is 0.333. The van der Waals surface area contributed by atoms with Crippen molar-refractivity contribution in [3.8, 4) is 0 Å². The number of hydrogen-bond donors (Lipinski definition) is 1. The summed E-state index contributed by atoms with van der Waals surface area (Å²) in [6.45, 7) is 0.421. The lowest BCUT2D eigenvalue weighted by Crippen LogP contribution is -2.05. The molecule has 1 heterocycles. The van der Waals surface area contributed by atoms with Crippen molar-refractivity contribution in [1.29, 1.82) is 0 Å². The molecule has 0 unspecified atom stereocenters. The van der Waals surface area contributed by atoms with E-state index in [4.69, 9.17) is 17.3 Å². The predicted molar refractivity (Wildman–Crippen MR) is 67.8 cm³/mol. The van der Waals surface area contributed by atoms with Gasteiger partial charge in [0.1, 0.15) is 5.82 Å². The minimum Gasteiger partial charge on any atom is -0.324 e. The van der Waals surface area contributed by atoms with E-state index >= 15 is 0 Å². The summed E-state index contributed by atoms with van der Waals surface area (Å²) in [5.74, 6) is 1.65. The van der Waals surface area contributed by atoms with Crippen LogP contribution in [-0.4, -0.2) is 14.8 Å². The average molecular weight is 251 g/mol. The van der Waals surface area contributed by atoms with E-state index in [-0.39, 0.29) is 0 Å². The van der Waals surface area contributed by atoms with Crippen LogP contribution >= 0.6 is 11.6 Å². The molecule has 0 fully saturated rings. The van der Waals surface area contributed by atoms with Crippen LogP contribution in [0.2, 0.25) is 5.02 Å². The molecule has 0 aliphatic rings. The van der Waals surface area contributed by atoms with E-state index in [0.29, 0.717) is 6.54 Å². The van der Waals surface area contributed by atoms with Gasteiger partial charge >= 0.3 is 0 Å². The summed E-state index contributed by atoms with van der Waals surface area (Å²) in [7, 11) is 1.86. The van der Waals surface area contributed by atoms with Gasteiger partial charge in [0, 0.05) is 18.5 Å². The second-order valence-corrected chi connectivity index (χ2v) is 4.33. The molecule has 5 heteroatoms. The van der Waals surface area contributed by atoms with E-state index in [1.807, 2.05) is 31.3 Å². The largest absolute Gasteiger partial charge is 0.324 e. The highest BCUT2D eigenvalue weighted by Crippen LogP contribution is 2.11. The standard InChI is InChI=1S/C12H15ClN4/c1-17-12(8-14)15-11(16-17)7-4-9-2-5-10(13)6-3-9/h2-3,5-6H,4,7-8,14H2,1H3.